The van der Waals surface area contributed by atoms with E-state index in [9.17, 15) is 5.11 Å². The second kappa shape index (κ2) is 3.72. The maximum atomic E-state index is 9.91. The number of imidazole rings is 1. The predicted molar refractivity (Wildman–Crippen MR) is 47.7 cm³/mol. The molecule has 0 fully saturated rings. The highest BCUT2D eigenvalue weighted by Gasteiger charge is 2.24. The minimum absolute atomic E-state index is 0.663. The fraction of sp³-hybridized carbons (Fsp3) is 0.667. The molecule has 0 aliphatic rings. The Balaban J connectivity index is 2.59. The van der Waals surface area contributed by atoms with Crippen LogP contribution in [-0.2, 0) is 5.60 Å². The van der Waals surface area contributed by atoms with Crippen LogP contribution in [0.3, 0.4) is 0 Å². The Hall–Kier alpha value is -0.830. The van der Waals surface area contributed by atoms with Crippen LogP contribution in [-0.4, -0.2) is 15.1 Å². The first-order valence-corrected chi connectivity index (χ1v) is 4.39. The number of aromatic nitrogens is 2. The first-order chi connectivity index (χ1) is 5.67. The average molecular weight is 168 g/mol. The first-order valence-electron chi connectivity index (χ1n) is 4.39. The third kappa shape index (κ3) is 2.08. The zero-order valence-electron chi connectivity index (χ0n) is 7.67. The number of nitrogens with one attached hydrogen (secondary N) is 1. The maximum Gasteiger partial charge on any atom is 0.137 e. The van der Waals surface area contributed by atoms with Crippen molar-refractivity contribution in [3.8, 4) is 0 Å². The summed E-state index contributed by atoms with van der Waals surface area (Å²) in [5.74, 6) is 0.663. The van der Waals surface area contributed by atoms with Crippen LogP contribution in [0.1, 0.15) is 38.9 Å². The molecule has 68 valence electrons. The topological polar surface area (TPSA) is 48.9 Å². The van der Waals surface area contributed by atoms with Gasteiger partial charge in [0.15, 0.2) is 0 Å². The number of hydrogen-bond acceptors (Lipinski definition) is 2. The monoisotopic (exact) mass is 168 g/mol. The third-order valence-corrected chi connectivity index (χ3v) is 2.03. The summed E-state index contributed by atoms with van der Waals surface area (Å²) in [6.45, 7) is 3.90. The molecule has 2 N–H and O–H groups in total. The summed E-state index contributed by atoms with van der Waals surface area (Å²) in [4.78, 5) is 6.96. The molecule has 3 heteroatoms. The van der Waals surface area contributed by atoms with Crippen LogP contribution >= 0.6 is 0 Å². The minimum Gasteiger partial charge on any atom is -0.382 e. The average Bonchev–Trinajstić information content (AvgIpc) is 2.53. The molecule has 0 amide bonds. The van der Waals surface area contributed by atoms with Crippen molar-refractivity contribution in [1.82, 2.24) is 9.97 Å². The molecule has 0 saturated carbocycles. The molecule has 0 aliphatic heterocycles. The largest absolute Gasteiger partial charge is 0.382 e. The van der Waals surface area contributed by atoms with Crippen molar-refractivity contribution < 1.29 is 5.11 Å². The van der Waals surface area contributed by atoms with E-state index in [-0.39, 0.29) is 0 Å². The number of hydrogen-bond donors (Lipinski definition) is 2. The number of nitrogens with zero attached hydrogens (tertiary/aromatic N) is 1. The summed E-state index contributed by atoms with van der Waals surface area (Å²) in [5.41, 5.74) is -0.792. The van der Waals surface area contributed by atoms with E-state index in [1.807, 2.05) is 0 Å². The standard InChI is InChI=1S/C9H16N2O/c1-3-4-5-9(2,12)8-10-6-7-11-8/h6-7,12H,3-5H2,1-2H3,(H,10,11). The second-order valence-electron chi connectivity index (χ2n) is 3.32. The van der Waals surface area contributed by atoms with Crippen LogP contribution < -0.4 is 0 Å². The molecule has 1 aromatic rings. The summed E-state index contributed by atoms with van der Waals surface area (Å²) < 4.78 is 0. The van der Waals surface area contributed by atoms with Gasteiger partial charge in [0.05, 0.1) is 0 Å². The molecule has 0 spiro atoms. The van der Waals surface area contributed by atoms with Crippen molar-refractivity contribution in [2.75, 3.05) is 0 Å². The number of unbranched alkanes of at least 4 members (excludes halogenated alkanes) is 1. The molecule has 0 radical (unpaired) electrons. The van der Waals surface area contributed by atoms with Crippen molar-refractivity contribution in [3.05, 3.63) is 18.2 Å². The maximum absolute atomic E-state index is 9.91. The van der Waals surface area contributed by atoms with E-state index in [0.717, 1.165) is 19.3 Å². The summed E-state index contributed by atoms with van der Waals surface area (Å²) in [5, 5.41) is 9.91. The van der Waals surface area contributed by atoms with Gasteiger partial charge in [-0.05, 0) is 13.3 Å². The number of rotatable bonds is 4. The highest BCUT2D eigenvalue weighted by Crippen LogP contribution is 2.22. The zero-order valence-corrected chi connectivity index (χ0v) is 7.67. The predicted octanol–water partition coefficient (Wildman–Crippen LogP) is 1.81. The van der Waals surface area contributed by atoms with Gasteiger partial charge < -0.3 is 10.1 Å². The lowest BCUT2D eigenvalue weighted by Gasteiger charge is -2.19. The van der Waals surface area contributed by atoms with Gasteiger partial charge in [-0.3, -0.25) is 0 Å². The Morgan fingerprint density at radius 1 is 1.67 bits per heavy atom. The lowest BCUT2D eigenvalue weighted by atomic mass is 9.99. The van der Waals surface area contributed by atoms with Gasteiger partial charge in [-0.1, -0.05) is 19.8 Å². The fourth-order valence-electron chi connectivity index (χ4n) is 1.20. The van der Waals surface area contributed by atoms with Crippen LogP contribution in [0.2, 0.25) is 0 Å². The molecule has 1 rings (SSSR count). The molecule has 0 saturated heterocycles. The normalized spacial score (nSPS) is 15.9. The molecular weight excluding hydrogens is 152 g/mol. The molecule has 1 heterocycles. The molecule has 0 bridgehead atoms. The lowest BCUT2D eigenvalue weighted by molar-refractivity contribution is 0.0370. The first kappa shape index (κ1) is 9.26. The summed E-state index contributed by atoms with van der Waals surface area (Å²) in [6.07, 6.45) is 6.27. The molecular formula is C9H16N2O. The van der Waals surface area contributed by atoms with E-state index in [1.165, 1.54) is 0 Å². The minimum atomic E-state index is -0.792. The van der Waals surface area contributed by atoms with Crippen LogP contribution in [0.4, 0.5) is 0 Å². The van der Waals surface area contributed by atoms with Crippen molar-refractivity contribution in [1.29, 1.82) is 0 Å². The van der Waals surface area contributed by atoms with Gasteiger partial charge in [0.2, 0.25) is 0 Å². The van der Waals surface area contributed by atoms with Crippen molar-refractivity contribution in [2.24, 2.45) is 0 Å². The molecule has 12 heavy (non-hydrogen) atoms. The van der Waals surface area contributed by atoms with Crippen molar-refractivity contribution in [3.63, 3.8) is 0 Å². The van der Waals surface area contributed by atoms with E-state index >= 15 is 0 Å². The lowest BCUT2D eigenvalue weighted by Crippen LogP contribution is -2.22. The summed E-state index contributed by atoms with van der Waals surface area (Å²) in [7, 11) is 0. The number of aromatic amines is 1. The van der Waals surface area contributed by atoms with Gasteiger partial charge in [0, 0.05) is 12.4 Å². The molecule has 0 aliphatic carbocycles. The van der Waals surface area contributed by atoms with Gasteiger partial charge in [0.25, 0.3) is 0 Å². The molecule has 1 unspecified atom stereocenters. The van der Waals surface area contributed by atoms with Crippen LogP contribution in [0.15, 0.2) is 12.4 Å². The highest BCUT2D eigenvalue weighted by atomic mass is 16.3. The van der Waals surface area contributed by atoms with Gasteiger partial charge in [0.1, 0.15) is 11.4 Å². The Morgan fingerprint density at radius 3 is 2.92 bits per heavy atom. The third-order valence-electron chi connectivity index (χ3n) is 2.03. The van der Waals surface area contributed by atoms with Crippen LogP contribution in [0, 0.1) is 0 Å². The Labute approximate surface area is 72.8 Å². The molecule has 1 atom stereocenters. The quantitative estimate of drug-likeness (QED) is 0.720. The van der Waals surface area contributed by atoms with Gasteiger partial charge >= 0.3 is 0 Å². The smallest absolute Gasteiger partial charge is 0.137 e. The Morgan fingerprint density at radius 2 is 2.42 bits per heavy atom. The van der Waals surface area contributed by atoms with Crippen molar-refractivity contribution >= 4 is 0 Å². The zero-order chi connectivity index (χ0) is 9.03. The molecule has 0 aromatic carbocycles. The summed E-state index contributed by atoms with van der Waals surface area (Å²) in [6, 6.07) is 0. The highest BCUT2D eigenvalue weighted by molar-refractivity contribution is 4.99. The van der Waals surface area contributed by atoms with Gasteiger partial charge in [-0.25, -0.2) is 4.98 Å². The number of aliphatic hydroxyl groups is 1. The van der Waals surface area contributed by atoms with Crippen LogP contribution in [0.5, 0.6) is 0 Å². The van der Waals surface area contributed by atoms with Crippen molar-refractivity contribution in [2.45, 2.75) is 38.7 Å². The Bertz CT molecular complexity index is 216. The van der Waals surface area contributed by atoms with Gasteiger partial charge in [-0.15, -0.1) is 0 Å². The van der Waals surface area contributed by atoms with Gasteiger partial charge in [-0.2, -0.15) is 0 Å². The summed E-state index contributed by atoms with van der Waals surface area (Å²) >= 11 is 0. The van der Waals surface area contributed by atoms with Crippen LogP contribution in [0.25, 0.3) is 0 Å². The molecule has 3 nitrogen and oxygen atoms in total. The fourth-order valence-corrected chi connectivity index (χ4v) is 1.20. The van der Waals surface area contributed by atoms with E-state index < -0.39 is 5.60 Å². The SMILES string of the molecule is CCCCC(C)(O)c1ncc[nH]1. The van der Waals surface area contributed by atoms with E-state index in [0.29, 0.717) is 5.82 Å². The van der Waals surface area contributed by atoms with E-state index in [4.69, 9.17) is 0 Å². The molecule has 1 aromatic heterocycles. The Kier molecular flexibility index (Phi) is 2.87. The van der Waals surface area contributed by atoms with E-state index in [2.05, 4.69) is 16.9 Å². The number of H-pyrrole nitrogens is 1. The van der Waals surface area contributed by atoms with E-state index in [1.54, 1.807) is 19.3 Å². The second-order valence-corrected chi connectivity index (χ2v) is 3.32.